The van der Waals surface area contributed by atoms with Crippen LogP contribution in [0.4, 0.5) is 0 Å². The Morgan fingerprint density at radius 1 is 1.44 bits per heavy atom. The maximum Gasteiger partial charge on any atom is 0.259 e. The highest BCUT2D eigenvalue weighted by atomic mass is 32.2. The smallest absolute Gasteiger partial charge is 0.259 e. The summed E-state index contributed by atoms with van der Waals surface area (Å²) >= 11 is 1.65. The molecular formula is C17H22N4O3S. The Morgan fingerprint density at radius 2 is 2.20 bits per heavy atom. The van der Waals surface area contributed by atoms with E-state index in [2.05, 4.69) is 22.2 Å². The zero-order chi connectivity index (χ0) is 18.5. The van der Waals surface area contributed by atoms with Crippen LogP contribution in [-0.2, 0) is 12.3 Å². The Hall–Kier alpha value is -2.42. The van der Waals surface area contributed by atoms with E-state index in [1.807, 2.05) is 24.1 Å². The van der Waals surface area contributed by atoms with E-state index in [1.165, 1.54) is 0 Å². The fourth-order valence-corrected chi connectivity index (χ4v) is 2.64. The number of nitrogens with zero attached hydrogens (tertiary/aromatic N) is 3. The van der Waals surface area contributed by atoms with E-state index in [0.717, 1.165) is 23.0 Å². The fraction of sp³-hybridized carbons (Fsp3) is 0.471. The van der Waals surface area contributed by atoms with E-state index < -0.39 is 4.92 Å². The number of hydrogen-bond acceptors (Lipinski definition) is 6. The molecule has 0 unspecified atom stereocenters. The number of amidine groups is 1. The highest BCUT2D eigenvalue weighted by Crippen LogP contribution is 2.16. The van der Waals surface area contributed by atoms with Gasteiger partial charge in [0.15, 0.2) is 5.84 Å². The fourth-order valence-electron chi connectivity index (χ4n) is 1.92. The van der Waals surface area contributed by atoms with Crippen molar-refractivity contribution in [2.24, 2.45) is 4.99 Å². The Balaban J connectivity index is 2.33. The average Bonchev–Trinajstić information content (AvgIpc) is 2.99. The molecule has 0 fully saturated rings. The van der Waals surface area contributed by atoms with Gasteiger partial charge in [0.1, 0.15) is 11.5 Å². The van der Waals surface area contributed by atoms with Crippen LogP contribution in [0, 0.1) is 34.8 Å². The number of aliphatic imine (C=N–C) groups is 1. The molecule has 0 aliphatic carbocycles. The maximum absolute atomic E-state index is 10.6. The molecule has 25 heavy (non-hydrogen) atoms. The van der Waals surface area contributed by atoms with Crippen LogP contribution >= 0.6 is 11.8 Å². The first kappa shape index (κ1) is 20.6. The third-order valence-corrected chi connectivity index (χ3v) is 3.92. The molecule has 0 aliphatic rings. The van der Waals surface area contributed by atoms with Crippen molar-refractivity contribution in [2.45, 2.75) is 12.3 Å². The summed E-state index contributed by atoms with van der Waals surface area (Å²) in [7, 11) is 1.94. The van der Waals surface area contributed by atoms with Crippen LogP contribution in [0.2, 0.25) is 0 Å². The van der Waals surface area contributed by atoms with Crippen molar-refractivity contribution in [1.82, 2.24) is 10.2 Å². The lowest BCUT2D eigenvalue weighted by Gasteiger charge is -2.10. The van der Waals surface area contributed by atoms with Gasteiger partial charge < -0.3 is 9.73 Å². The quantitative estimate of drug-likeness (QED) is 0.160. The van der Waals surface area contributed by atoms with E-state index in [4.69, 9.17) is 17.3 Å². The largest absolute Gasteiger partial charge is 0.464 e. The number of terminal acetylenes is 2. The molecule has 8 heteroatoms. The minimum Gasteiger partial charge on any atom is -0.464 e. The van der Waals surface area contributed by atoms with Crippen molar-refractivity contribution in [2.75, 3.05) is 39.0 Å². The molecule has 0 atom stereocenters. The van der Waals surface area contributed by atoms with Crippen molar-refractivity contribution in [3.63, 3.8) is 0 Å². The number of nitro groups is 1. The lowest BCUT2D eigenvalue weighted by Crippen LogP contribution is -2.31. The van der Waals surface area contributed by atoms with Gasteiger partial charge in [0, 0.05) is 10.7 Å². The van der Waals surface area contributed by atoms with Crippen LogP contribution in [-0.4, -0.2) is 54.6 Å². The van der Waals surface area contributed by atoms with Gasteiger partial charge in [-0.2, -0.15) is 11.8 Å². The van der Waals surface area contributed by atoms with Gasteiger partial charge in [0.2, 0.25) is 0 Å². The third kappa shape index (κ3) is 9.46. The van der Waals surface area contributed by atoms with Crippen LogP contribution in [0.3, 0.4) is 0 Å². The van der Waals surface area contributed by atoms with E-state index in [0.29, 0.717) is 25.5 Å². The molecule has 1 heterocycles. The summed E-state index contributed by atoms with van der Waals surface area (Å²) in [5, 5.41) is 13.3. The monoisotopic (exact) mass is 362 g/mol. The van der Waals surface area contributed by atoms with Crippen molar-refractivity contribution in [1.29, 1.82) is 0 Å². The minimum absolute atomic E-state index is 0.225. The van der Waals surface area contributed by atoms with Gasteiger partial charge in [-0.15, -0.1) is 12.8 Å². The molecule has 7 nitrogen and oxygen atoms in total. The van der Waals surface area contributed by atoms with Crippen molar-refractivity contribution >= 4 is 17.6 Å². The van der Waals surface area contributed by atoms with Gasteiger partial charge >= 0.3 is 0 Å². The Kier molecular flexibility index (Phi) is 9.91. The topological polar surface area (TPSA) is 83.9 Å². The molecule has 0 aromatic carbocycles. The van der Waals surface area contributed by atoms with Gasteiger partial charge in [0.05, 0.1) is 31.9 Å². The predicted molar refractivity (Wildman–Crippen MR) is 101 cm³/mol. The first-order valence-corrected chi connectivity index (χ1v) is 8.80. The van der Waals surface area contributed by atoms with Gasteiger partial charge in [-0.25, -0.2) is 0 Å². The molecule has 0 amide bonds. The second-order valence-electron chi connectivity index (χ2n) is 5.17. The minimum atomic E-state index is -0.433. The maximum atomic E-state index is 10.6. The highest BCUT2D eigenvalue weighted by molar-refractivity contribution is 7.98. The summed E-state index contributed by atoms with van der Waals surface area (Å²) in [6, 6.07) is 3.89. The van der Waals surface area contributed by atoms with E-state index in [-0.39, 0.29) is 13.1 Å². The molecule has 1 aromatic rings. The van der Waals surface area contributed by atoms with E-state index in [1.54, 1.807) is 11.8 Å². The van der Waals surface area contributed by atoms with Crippen LogP contribution in [0.25, 0.3) is 0 Å². The van der Waals surface area contributed by atoms with Gasteiger partial charge in [-0.3, -0.25) is 20.0 Å². The first-order valence-electron chi connectivity index (χ1n) is 7.65. The normalized spacial score (nSPS) is 11.1. The molecule has 134 valence electrons. The van der Waals surface area contributed by atoms with Crippen molar-refractivity contribution < 1.29 is 9.34 Å². The second kappa shape index (κ2) is 12.0. The lowest BCUT2D eigenvalue weighted by molar-refractivity contribution is -0.463. The van der Waals surface area contributed by atoms with Crippen LogP contribution in [0.15, 0.2) is 21.5 Å². The predicted octanol–water partition coefficient (Wildman–Crippen LogP) is 1.48. The average molecular weight is 362 g/mol. The number of hydrogen-bond donors (Lipinski definition) is 1. The van der Waals surface area contributed by atoms with Gasteiger partial charge in [-0.1, -0.05) is 11.8 Å². The molecule has 0 radical (unpaired) electrons. The van der Waals surface area contributed by atoms with Gasteiger partial charge in [-0.05, 0) is 19.2 Å². The Morgan fingerprint density at radius 3 is 2.88 bits per heavy atom. The number of thioether (sulfide) groups is 1. The number of nitrogens with one attached hydrogen (secondary N) is 1. The molecule has 0 spiro atoms. The summed E-state index contributed by atoms with van der Waals surface area (Å²) in [4.78, 5) is 16.3. The summed E-state index contributed by atoms with van der Waals surface area (Å²) in [6.45, 7) is 1.60. The standard InChI is InChI=1S/C17H22N4O3S/c1-4-8-18-17(13-21(22)23)19-9-11-25-14-16-7-6-15(24-16)12-20(3)10-5-2/h1-2,6-7H,8-14H2,3H3,(H,18,19). The molecule has 0 bridgehead atoms. The lowest BCUT2D eigenvalue weighted by atomic mass is 10.4. The van der Waals surface area contributed by atoms with Crippen molar-refractivity contribution in [3.05, 3.63) is 33.8 Å². The zero-order valence-electron chi connectivity index (χ0n) is 14.2. The number of furan rings is 1. The molecular weight excluding hydrogens is 340 g/mol. The highest BCUT2D eigenvalue weighted by Gasteiger charge is 2.07. The first-order chi connectivity index (χ1) is 12.0. The SMILES string of the molecule is C#CCNC(C[N+](=O)[O-])=NCCSCc1ccc(CN(C)CC#C)o1. The summed E-state index contributed by atoms with van der Waals surface area (Å²) in [5.74, 6) is 8.47. The van der Waals surface area contributed by atoms with Gasteiger partial charge in [0.25, 0.3) is 6.54 Å². The summed E-state index contributed by atoms with van der Waals surface area (Å²) in [5.41, 5.74) is 0. The molecule has 0 aliphatic heterocycles. The Labute approximate surface area is 152 Å². The molecule has 1 aromatic heterocycles. The second-order valence-corrected chi connectivity index (χ2v) is 6.28. The van der Waals surface area contributed by atoms with Crippen LogP contribution in [0.1, 0.15) is 11.5 Å². The summed E-state index contributed by atoms with van der Waals surface area (Å²) < 4.78 is 5.74. The molecule has 1 N–H and O–H groups in total. The molecule has 0 saturated heterocycles. The summed E-state index contributed by atoms with van der Waals surface area (Å²) in [6.07, 6.45) is 10.4. The van der Waals surface area contributed by atoms with Crippen LogP contribution < -0.4 is 5.32 Å². The molecule has 1 rings (SSSR count). The third-order valence-electron chi connectivity index (χ3n) is 2.96. The molecule has 0 saturated carbocycles. The number of rotatable bonds is 11. The van der Waals surface area contributed by atoms with Crippen LogP contribution in [0.5, 0.6) is 0 Å². The zero-order valence-corrected chi connectivity index (χ0v) is 15.1. The van der Waals surface area contributed by atoms with Crippen molar-refractivity contribution in [3.8, 4) is 24.7 Å². The van der Waals surface area contributed by atoms with E-state index in [9.17, 15) is 10.1 Å². The Bertz CT molecular complexity index is 658. The van der Waals surface area contributed by atoms with E-state index >= 15 is 0 Å².